The van der Waals surface area contributed by atoms with E-state index in [1.807, 2.05) is 42.5 Å². The summed E-state index contributed by atoms with van der Waals surface area (Å²) in [6, 6.07) is 20.7. The van der Waals surface area contributed by atoms with Crippen molar-refractivity contribution < 1.29 is 9.90 Å². The number of aliphatic carboxylic acids is 1. The fraction of sp³-hybridized carbons (Fsp3) is 0.211. The third-order valence-electron chi connectivity index (χ3n) is 4.05. The molecule has 0 radical (unpaired) electrons. The molecule has 1 aliphatic heterocycles. The van der Waals surface area contributed by atoms with E-state index < -0.39 is 5.97 Å². The Kier molecular flexibility index (Phi) is 4.35. The third-order valence-corrected chi connectivity index (χ3v) is 4.05. The van der Waals surface area contributed by atoms with Gasteiger partial charge in [0.1, 0.15) is 0 Å². The van der Waals surface area contributed by atoms with Gasteiger partial charge in [0.05, 0.1) is 6.04 Å². The summed E-state index contributed by atoms with van der Waals surface area (Å²) in [5.41, 5.74) is 2.88. The van der Waals surface area contributed by atoms with Gasteiger partial charge in [-0.05, 0) is 17.5 Å². The first kappa shape index (κ1) is 14.5. The van der Waals surface area contributed by atoms with Crippen LogP contribution in [0.1, 0.15) is 23.6 Å². The number of rotatable bonds is 4. The molecule has 2 aromatic carbocycles. The molecule has 1 N–H and O–H groups in total. The van der Waals surface area contributed by atoms with E-state index in [1.54, 1.807) is 0 Å². The zero-order chi connectivity index (χ0) is 15.4. The van der Waals surface area contributed by atoms with Gasteiger partial charge in [-0.25, -0.2) is 4.79 Å². The molecule has 0 amide bonds. The highest BCUT2D eigenvalue weighted by atomic mass is 16.4. The van der Waals surface area contributed by atoms with Gasteiger partial charge in [-0.1, -0.05) is 66.7 Å². The Morgan fingerprint density at radius 1 is 0.955 bits per heavy atom. The maximum absolute atomic E-state index is 11.3. The van der Waals surface area contributed by atoms with Crippen LogP contribution in [0.3, 0.4) is 0 Å². The molecule has 112 valence electrons. The number of nitrogens with zero attached hydrogens (tertiary/aromatic N) is 1. The summed E-state index contributed by atoms with van der Waals surface area (Å²) in [4.78, 5) is 13.5. The van der Waals surface area contributed by atoms with Crippen molar-refractivity contribution >= 4 is 5.97 Å². The number of benzene rings is 2. The zero-order valence-electron chi connectivity index (χ0n) is 12.4. The molecule has 0 saturated carbocycles. The maximum atomic E-state index is 11.3. The molecule has 0 fully saturated rings. The Labute approximate surface area is 130 Å². The van der Waals surface area contributed by atoms with Crippen molar-refractivity contribution in [2.45, 2.75) is 12.5 Å². The zero-order valence-corrected chi connectivity index (χ0v) is 12.4. The van der Waals surface area contributed by atoms with E-state index in [0.717, 1.165) is 13.0 Å². The van der Waals surface area contributed by atoms with Gasteiger partial charge < -0.3 is 5.11 Å². The smallest absolute Gasteiger partial charge is 0.332 e. The van der Waals surface area contributed by atoms with Gasteiger partial charge in [0, 0.05) is 18.7 Å². The van der Waals surface area contributed by atoms with Gasteiger partial charge in [-0.3, -0.25) is 4.90 Å². The van der Waals surface area contributed by atoms with Gasteiger partial charge in [0.25, 0.3) is 0 Å². The lowest BCUT2D eigenvalue weighted by Crippen LogP contribution is -2.36. The van der Waals surface area contributed by atoms with Gasteiger partial charge in [0.15, 0.2) is 0 Å². The minimum absolute atomic E-state index is 0.0884. The molecular formula is C19H19NO2. The molecule has 1 aliphatic rings. The van der Waals surface area contributed by atoms with Gasteiger partial charge >= 0.3 is 5.97 Å². The molecule has 0 saturated heterocycles. The molecule has 0 bridgehead atoms. The second kappa shape index (κ2) is 6.58. The summed E-state index contributed by atoms with van der Waals surface area (Å²) in [5.74, 6) is -0.815. The number of hydrogen-bond acceptors (Lipinski definition) is 2. The first-order valence-electron chi connectivity index (χ1n) is 7.52. The summed E-state index contributed by atoms with van der Waals surface area (Å²) in [7, 11) is 0. The summed E-state index contributed by atoms with van der Waals surface area (Å²) < 4.78 is 0. The summed E-state index contributed by atoms with van der Waals surface area (Å²) in [5, 5.41) is 9.28. The van der Waals surface area contributed by atoms with E-state index in [4.69, 9.17) is 0 Å². The predicted molar refractivity (Wildman–Crippen MR) is 86.6 cm³/mol. The highest BCUT2D eigenvalue weighted by molar-refractivity contribution is 5.87. The molecule has 3 heteroatoms. The van der Waals surface area contributed by atoms with Crippen LogP contribution in [0.15, 0.2) is 72.3 Å². The van der Waals surface area contributed by atoms with Crippen LogP contribution in [-0.2, 0) is 4.79 Å². The van der Waals surface area contributed by atoms with Crippen molar-refractivity contribution in [3.05, 3.63) is 83.4 Å². The standard InChI is InChI=1S/C19H19NO2/c21-19(22)17-12-7-13-20(14-17)18(15-8-3-1-4-9-15)16-10-5-2-6-11-16/h1-6,8-12,18H,7,13-14H2,(H,21,22). The highest BCUT2D eigenvalue weighted by Crippen LogP contribution is 2.30. The number of hydrogen-bond donors (Lipinski definition) is 1. The molecule has 0 spiro atoms. The number of carbonyl (C=O) groups is 1. The van der Waals surface area contributed by atoms with Crippen LogP contribution in [0, 0.1) is 0 Å². The van der Waals surface area contributed by atoms with E-state index >= 15 is 0 Å². The second-order valence-corrected chi connectivity index (χ2v) is 5.52. The summed E-state index contributed by atoms with van der Waals surface area (Å²) >= 11 is 0. The molecular weight excluding hydrogens is 274 g/mol. The SMILES string of the molecule is O=C(O)C1=CCCN(C(c2ccccc2)c2ccccc2)C1. The fourth-order valence-electron chi connectivity index (χ4n) is 3.03. The topological polar surface area (TPSA) is 40.5 Å². The van der Waals surface area contributed by atoms with Crippen molar-refractivity contribution in [1.29, 1.82) is 0 Å². The average Bonchev–Trinajstić information content (AvgIpc) is 2.57. The Morgan fingerprint density at radius 3 is 2.00 bits per heavy atom. The van der Waals surface area contributed by atoms with Crippen LogP contribution >= 0.6 is 0 Å². The number of carboxylic acids is 1. The first-order chi connectivity index (χ1) is 10.8. The Balaban J connectivity index is 1.96. The average molecular weight is 293 g/mol. The van der Waals surface area contributed by atoms with Gasteiger partial charge in [0.2, 0.25) is 0 Å². The second-order valence-electron chi connectivity index (χ2n) is 5.52. The van der Waals surface area contributed by atoms with Crippen LogP contribution in [0.25, 0.3) is 0 Å². The van der Waals surface area contributed by atoms with Crippen molar-refractivity contribution in [3.8, 4) is 0 Å². The minimum atomic E-state index is -0.815. The van der Waals surface area contributed by atoms with Crippen molar-refractivity contribution in [1.82, 2.24) is 4.90 Å². The normalized spacial score (nSPS) is 15.6. The van der Waals surface area contributed by atoms with Crippen LogP contribution in [0.4, 0.5) is 0 Å². The van der Waals surface area contributed by atoms with Crippen LogP contribution < -0.4 is 0 Å². The minimum Gasteiger partial charge on any atom is -0.478 e. The van der Waals surface area contributed by atoms with E-state index in [9.17, 15) is 9.90 Å². The van der Waals surface area contributed by atoms with E-state index in [-0.39, 0.29) is 6.04 Å². The first-order valence-corrected chi connectivity index (χ1v) is 7.52. The molecule has 2 aromatic rings. The number of carboxylic acid groups (broad SMARTS) is 1. The monoisotopic (exact) mass is 293 g/mol. The molecule has 3 rings (SSSR count). The Hall–Kier alpha value is -2.39. The van der Waals surface area contributed by atoms with Gasteiger partial charge in [-0.15, -0.1) is 0 Å². The Morgan fingerprint density at radius 2 is 1.50 bits per heavy atom. The van der Waals surface area contributed by atoms with E-state index in [0.29, 0.717) is 12.1 Å². The molecule has 0 atom stereocenters. The van der Waals surface area contributed by atoms with Crippen LogP contribution in [0.5, 0.6) is 0 Å². The van der Waals surface area contributed by atoms with E-state index in [2.05, 4.69) is 29.2 Å². The van der Waals surface area contributed by atoms with E-state index in [1.165, 1.54) is 11.1 Å². The largest absolute Gasteiger partial charge is 0.478 e. The molecule has 0 aromatic heterocycles. The lowest BCUT2D eigenvalue weighted by molar-refractivity contribution is -0.133. The maximum Gasteiger partial charge on any atom is 0.332 e. The van der Waals surface area contributed by atoms with Crippen molar-refractivity contribution in [3.63, 3.8) is 0 Å². The van der Waals surface area contributed by atoms with Gasteiger partial charge in [-0.2, -0.15) is 0 Å². The van der Waals surface area contributed by atoms with Crippen molar-refractivity contribution in [2.75, 3.05) is 13.1 Å². The quantitative estimate of drug-likeness (QED) is 0.938. The molecule has 1 heterocycles. The molecule has 3 nitrogen and oxygen atoms in total. The fourth-order valence-corrected chi connectivity index (χ4v) is 3.03. The molecule has 22 heavy (non-hydrogen) atoms. The van der Waals surface area contributed by atoms with Crippen LogP contribution in [0.2, 0.25) is 0 Å². The lowest BCUT2D eigenvalue weighted by Gasteiger charge is -2.34. The van der Waals surface area contributed by atoms with Crippen molar-refractivity contribution in [2.24, 2.45) is 0 Å². The van der Waals surface area contributed by atoms with Crippen LogP contribution in [-0.4, -0.2) is 29.1 Å². The molecule has 0 aliphatic carbocycles. The molecule has 0 unspecified atom stereocenters. The predicted octanol–water partition coefficient (Wildman–Crippen LogP) is 3.49. The Bertz CT molecular complexity index is 625. The summed E-state index contributed by atoms with van der Waals surface area (Å²) in [6.07, 6.45) is 2.61. The summed E-state index contributed by atoms with van der Waals surface area (Å²) in [6.45, 7) is 1.34. The lowest BCUT2D eigenvalue weighted by atomic mass is 9.95. The highest BCUT2D eigenvalue weighted by Gasteiger charge is 2.26. The third kappa shape index (κ3) is 3.10.